The standard InChI is InChI=1S/C16H16O5/c1-21-12-5-2-10(3-6-12)14(18)9-16(20)13-7-4-11(17)8-15(13)19/h2-8,14,17-19H,9H2,1H3/t14-/m1/s1. The van der Waals surface area contributed by atoms with Gasteiger partial charge in [-0.15, -0.1) is 0 Å². The molecule has 3 N–H and O–H groups in total. The summed E-state index contributed by atoms with van der Waals surface area (Å²) in [5.41, 5.74) is 0.655. The van der Waals surface area contributed by atoms with Gasteiger partial charge in [-0.25, -0.2) is 0 Å². The van der Waals surface area contributed by atoms with Crippen LogP contribution in [0.4, 0.5) is 0 Å². The number of phenolic OH excluding ortho intramolecular Hbond substituents is 2. The maximum atomic E-state index is 12.1. The molecule has 21 heavy (non-hydrogen) atoms. The van der Waals surface area contributed by atoms with Gasteiger partial charge in [0, 0.05) is 12.5 Å². The number of ether oxygens (including phenoxy) is 1. The number of aliphatic hydroxyl groups is 1. The number of aromatic hydroxyl groups is 2. The van der Waals surface area contributed by atoms with Crippen LogP contribution in [0.15, 0.2) is 42.5 Å². The van der Waals surface area contributed by atoms with Gasteiger partial charge in [0.25, 0.3) is 0 Å². The Morgan fingerprint density at radius 1 is 1.14 bits per heavy atom. The van der Waals surface area contributed by atoms with Crippen LogP contribution in [0.2, 0.25) is 0 Å². The van der Waals surface area contributed by atoms with Crippen LogP contribution in [0.5, 0.6) is 17.2 Å². The molecule has 0 saturated carbocycles. The molecule has 110 valence electrons. The number of hydrogen-bond acceptors (Lipinski definition) is 5. The van der Waals surface area contributed by atoms with Crippen LogP contribution in [0.1, 0.15) is 28.4 Å². The highest BCUT2D eigenvalue weighted by Crippen LogP contribution is 2.27. The zero-order chi connectivity index (χ0) is 15.4. The van der Waals surface area contributed by atoms with E-state index in [9.17, 15) is 20.1 Å². The third-order valence-electron chi connectivity index (χ3n) is 3.16. The van der Waals surface area contributed by atoms with Crippen molar-refractivity contribution in [2.24, 2.45) is 0 Å². The molecule has 0 fully saturated rings. The molecule has 0 saturated heterocycles. The Morgan fingerprint density at radius 3 is 2.38 bits per heavy atom. The van der Waals surface area contributed by atoms with Gasteiger partial charge in [0.15, 0.2) is 5.78 Å². The lowest BCUT2D eigenvalue weighted by Gasteiger charge is -2.11. The lowest BCUT2D eigenvalue weighted by Crippen LogP contribution is -2.07. The Bertz CT molecular complexity index is 634. The van der Waals surface area contributed by atoms with Crippen LogP contribution < -0.4 is 4.74 Å². The highest BCUT2D eigenvalue weighted by molar-refractivity contribution is 5.99. The van der Waals surface area contributed by atoms with Gasteiger partial charge in [0.2, 0.25) is 0 Å². The fourth-order valence-corrected chi connectivity index (χ4v) is 1.99. The molecular weight excluding hydrogens is 272 g/mol. The first-order valence-electron chi connectivity index (χ1n) is 6.38. The first-order valence-corrected chi connectivity index (χ1v) is 6.38. The van der Waals surface area contributed by atoms with Crippen molar-refractivity contribution >= 4 is 5.78 Å². The Kier molecular flexibility index (Phi) is 4.45. The molecule has 0 aliphatic carbocycles. The van der Waals surface area contributed by atoms with Crippen molar-refractivity contribution < 1.29 is 24.9 Å². The summed E-state index contributed by atoms with van der Waals surface area (Å²) in [5.74, 6) is -0.175. The highest BCUT2D eigenvalue weighted by Gasteiger charge is 2.17. The number of carbonyl (C=O) groups is 1. The maximum Gasteiger partial charge on any atom is 0.169 e. The lowest BCUT2D eigenvalue weighted by molar-refractivity contribution is 0.0877. The average Bonchev–Trinajstić information content (AvgIpc) is 2.47. The summed E-state index contributed by atoms with van der Waals surface area (Å²) in [4.78, 5) is 12.1. The van der Waals surface area contributed by atoms with Gasteiger partial charge >= 0.3 is 0 Å². The Labute approximate surface area is 122 Å². The quantitative estimate of drug-likeness (QED) is 0.735. The second-order valence-corrected chi connectivity index (χ2v) is 4.62. The summed E-state index contributed by atoms with van der Waals surface area (Å²) in [7, 11) is 1.54. The first kappa shape index (κ1) is 14.9. The topological polar surface area (TPSA) is 87.0 Å². The van der Waals surface area contributed by atoms with Crippen molar-refractivity contribution in [2.45, 2.75) is 12.5 Å². The van der Waals surface area contributed by atoms with Gasteiger partial charge in [-0.3, -0.25) is 4.79 Å². The SMILES string of the molecule is COc1ccc([C@H](O)CC(=O)c2ccc(O)cc2O)cc1. The summed E-state index contributed by atoms with van der Waals surface area (Å²) in [6.45, 7) is 0. The maximum absolute atomic E-state index is 12.1. The van der Waals surface area contributed by atoms with E-state index in [1.807, 2.05) is 0 Å². The molecule has 5 heteroatoms. The summed E-state index contributed by atoms with van der Waals surface area (Å²) in [6.07, 6.45) is -1.14. The molecule has 5 nitrogen and oxygen atoms in total. The van der Waals surface area contributed by atoms with Crippen LogP contribution in [0.3, 0.4) is 0 Å². The van der Waals surface area contributed by atoms with Crippen molar-refractivity contribution in [3.8, 4) is 17.2 Å². The molecule has 2 aromatic carbocycles. The highest BCUT2D eigenvalue weighted by atomic mass is 16.5. The summed E-state index contributed by atoms with van der Waals surface area (Å²) in [5, 5.41) is 28.9. The fourth-order valence-electron chi connectivity index (χ4n) is 1.99. The largest absolute Gasteiger partial charge is 0.508 e. The molecule has 0 aromatic heterocycles. The van der Waals surface area contributed by atoms with E-state index in [2.05, 4.69) is 0 Å². The number of ketones is 1. The fraction of sp³-hybridized carbons (Fsp3) is 0.188. The first-order chi connectivity index (χ1) is 10.0. The Balaban J connectivity index is 2.10. The molecule has 0 radical (unpaired) electrons. The molecule has 0 aliphatic heterocycles. The lowest BCUT2D eigenvalue weighted by atomic mass is 9.99. The van der Waals surface area contributed by atoms with E-state index >= 15 is 0 Å². The van der Waals surface area contributed by atoms with Crippen LogP contribution in [-0.2, 0) is 0 Å². The molecule has 0 spiro atoms. The molecular formula is C16H16O5. The van der Waals surface area contributed by atoms with Crippen molar-refractivity contribution in [3.05, 3.63) is 53.6 Å². The van der Waals surface area contributed by atoms with Gasteiger partial charge in [0.1, 0.15) is 17.2 Å². The summed E-state index contributed by atoms with van der Waals surface area (Å²) < 4.78 is 5.02. The zero-order valence-electron chi connectivity index (χ0n) is 11.5. The zero-order valence-corrected chi connectivity index (χ0v) is 11.5. The molecule has 0 amide bonds. The minimum absolute atomic E-state index is 0.0698. The number of benzene rings is 2. The van der Waals surface area contributed by atoms with Crippen molar-refractivity contribution in [3.63, 3.8) is 0 Å². The molecule has 1 atom stereocenters. The smallest absolute Gasteiger partial charge is 0.169 e. The predicted molar refractivity (Wildman–Crippen MR) is 76.7 cm³/mol. The van der Waals surface area contributed by atoms with E-state index < -0.39 is 11.9 Å². The van der Waals surface area contributed by atoms with Crippen molar-refractivity contribution in [2.75, 3.05) is 7.11 Å². The summed E-state index contributed by atoms with van der Waals surface area (Å²) >= 11 is 0. The van der Waals surface area contributed by atoms with Crippen molar-refractivity contribution in [1.82, 2.24) is 0 Å². The molecule has 2 aromatic rings. The number of phenols is 2. The van der Waals surface area contributed by atoms with E-state index in [1.54, 1.807) is 31.4 Å². The number of rotatable bonds is 5. The third kappa shape index (κ3) is 3.52. The van der Waals surface area contributed by atoms with E-state index in [0.29, 0.717) is 11.3 Å². The minimum atomic E-state index is -0.975. The van der Waals surface area contributed by atoms with Gasteiger partial charge in [0.05, 0.1) is 18.8 Å². The van der Waals surface area contributed by atoms with Gasteiger partial charge in [-0.1, -0.05) is 12.1 Å². The minimum Gasteiger partial charge on any atom is -0.508 e. The number of aliphatic hydroxyl groups excluding tert-OH is 1. The van der Waals surface area contributed by atoms with Crippen LogP contribution in [0.25, 0.3) is 0 Å². The summed E-state index contributed by atoms with van der Waals surface area (Å²) in [6, 6.07) is 10.5. The van der Waals surface area contributed by atoms with Crippen LogP contribution >= 0.6 is 0 Å². The van der Waals surface area contributed by atoms with Crippen LogP contribution in [0, 0.1) is 0 Å². The predicted octanol–water partition coefficient (Wildman–Crippen LogP) is 2.41. The Morgan fingerprint density at radius 2 is 1.81 bits per heavy atom. The molecule has 2 rings (SSSR count). The second-order valence-electron chi connectivity index (χ2n) is 4.62. The van der Waals surface area contributed by atoms with Gasteiger partial charge in [-0.2, -0.15) is 0 Å². The van der Waals surface area contributed by atoms with E-state index in [-0.39, 0.29) is 23.5 Å². The van der Waals surface area contributed by atoms with Crippen molar-refractivity contribution in [1.29, 1.82) is 0 Å². The van der Waals surface area contributed by atoms with E-state index in [1.165, 1.54) is 12.1 Å². The molecule has 0 aliphatic rings. The normalized spacial score (nSPS) is 11.9. The second kappa shape index (κ2) is 6.28. The number of carbonyl (C=O) groups excluding carboxylic acids is 1. The number of methoxy groups -OCH3 is 1. The van der Waals surface area contributed by atoms with Gasteiger partial charge < -0.3 is 20.1 Å². The third-order valence-corrected chi connectivity index (χ3v) is 3.16. The van der Waals surface area contributed by atoms with Gasteiger partial charge in [-0.05, 0) is 29.8 Å². The van der Waals surface area contributed by atoms with E-state index in [4.69, 9.17) is 4.74 Å². The Hall–Kier alpha value is -2.53. The molecule has 0 heterocycles. The molecule has 0 bridgehead atoms. The average molecular weight is 288 g/mol. The van der Waals surface area contributed by atoms with Crippen LogP contribution in [-0.4, -0.2) is 28.2 Å². The molecule has 0 unspecified atom stereocenters. The number of Topliss-reactive ketones (excluding diaryl/α,β-unsaturated/α-hetero) is 1. The monoisotopic (exact) mass is 288 g/mol. The number of hydrogen-bond donors (Lipinski definition) is 3. The van der Waals surface area contributed by atoms with E-state index in [0.717, 1.165) is 6.07 Å².